The number of carbonyl (C=O) groups excluding carboxylic acids is 1. The molecule has 1 rings (SSSR count). The van der Waals surface area contributed by atoms with E-state index < -0.39 is 18.1 Å². The van der Waals surface area contributed by atoms with Crippen LogP contribution in [0.2, 0.25) is 0 Å². The summed E-state index contributed by atoms with van der Waals surface area (Å²) < 4.78 is 5.42. The summed E-state index contributed by atoms with van der Waals surface area (Å²) in [5, 5.41) is 11.7. The van der Waals surface area contributed by atoms with Crippen molar-refractivity contribution >= 4 is 11.9 Å². The summed E-state index contributed by atoms with van der Waals surface area (Å²) in [4.78, 5) is 25.4. The molecule has 1 aliphatic rings. The number of rotatable bonds is 6. The van der Waals surface area contributed by atoms with Crippen molar-refractivity contribution in [3.8, 4) is 0 Å². The molecule has 3 atom stereocenters. The maximum absolute atomic E-state index is 12.1. The first-order chi connectivity index (χ1) is 8.99. The van der Waals surface area contributed by atoms with Gasteiger partial charge in [0.2, 0.25) is 0 Å². The minimum Gasteiger partial charge on any atom is -0.480 e. The molecular formula is C13H24N2O4. The van der Waals surface area contributed by atoms with Gasteiger partial charge in [-0.2, -0.15) is 0 Å². The molecule has 0 spiro atoms. The van der Waals surface area contributed by atoms with Gasteiger partial charge < -0.3 is 15.2 Å². The van der Waals surface area contributed by atoms with Gasteiger partial charge in [-0.3, -0.25) is 9.69 Å². The minimum absolute atomic E-state index is 0.104. The third kappa shape index (κ3) is 4.47. The van der Waals surface area contributed by atoms with Crippen LogP contribution in [0.5, 0.6) is 0 Å². The van der Waals surface area contributed by atoms with Crippen LogP contribution in [-0.4, -0.2) is 60.3 Å². The Kier molecular flexibility index (Phi) is 6.24. The summed E-state index contributed by atoms with van der Waals surface area (Å²) in [6.45, 7) is 8.46. The number of nitrogens with zero attached hydrogens (tertiary/aromatic N) is 1. The molecule has 6 heteroatoms. The lowest BCUT2D eigenvalue weighted by molar-refractivity contribution is -0.148. The van der Waals surface area contributed by atoms with Gasteiger partial charge in [-0.05, 0) is 12.5 Å². The summed E-state index contributed by atoms with van der Waals surface area (Å²) in [5.74, 6) is -1.43. The van der Waals surface area contributed by atoms with Gasteiger partial charge >= 0.3 is 5.97 Å². The fourth-order valence-electron chi connectivity index (χ4n) is 2.08. The molecule has 1 saturated heterocycles. The smallest absolute Gasteiger partial charge is 0.326 e. The van der Waals surface area contributed by atoms with E-state index in [2.05, 4.69) is 10.2 Å². The van der Waals surface area contributed by atoms with E-state index in [1.807, 2.05) is 20.8 Å². The second-order valence-corrected chi connectivity index (χ2v) is 4.96. The van der Waals surface area contributed by atoms with Crippen molar-refractivity contribution in [1.82, 2.24) is 10.2 Å². The molecule has 0 aromatic rings. The molecule has 0 aromatic carbocycles. The van der Waals surface area contributed by atoms with Crippen LogP contribution in [0, 0.1) is 5.92 Å². The third-order valence-electron chi connectivity index (χ3n) is 3.67. The molecule has 1 aliphatic heterocycles. The maximum atomic E-state index is 12.1. The van der Waals surface area contributed by atoms with Crippen molar-refractivity contribution in [3.63, 3.8) is 0 Å². The summed E-state index contributed by atoms with van der Waals surface area (Å²) >= 11 is 0. The zero-order chi connectivity index (χ0) is 14.4. The van der Waals surface area contributed by atoms with Gasteiger partial charge in [-0.25, -0.2) is 4.79 Å². The average molecular weight is 272 g/mol. The Morgan fingerprint density at radius 3 is 2.68 bits per heavy atom. The summed E-state index contributed by atoms with van der Waals surface area (Å²) in [6, 6.07) is -0.849. The highest BCUT2D eigenvalue weighted by molar-refractivity contribution is 5.86. The summed E-state index contributed by atoms with van der Waals surface area (Å²) in [5.41, 5.74) is 0. The Labute approximate surface area is 114 Å². The fourth-order valence-corrected chi connectivity index (χ4v) is 2.08. The van der Waals surface area contributed by atoms with Crippen LogP contribution in [0.4, 0.5) is 0 Å². The first-order valence-corrected chi connectivity index (χ1v) is 6.86. The predicted octanol–water partition coefficient (Wildman–Crippen LogP) is 0.323. The molecule has 0 saturated carbocycles. The van der Waals surface area contributed by atoms with Gasteiger partial charge in [-0.15, -0.1) is 0 Å². The number of hydrogen-bond donors (Lipinski definition) is 2. The number of nitrogens with one attached hydrogen (secondary N) is 1. The molecule has 19 heavy (non-hydrogen) atoms. The van der Waals surface area contributed by atoms with Crippen molar-refractivity contribution in [2.75, 3.05) is 26.2 Å². The standard InChI is InChI=1S/C13H24N2O4/c1-4-9(3)11(13(17)18)14-12(16)10-8-15(5-2)6-7-19-10/h9-11H,4-8H2,1-3H3,(H,14,16)(H,17,18)/t9-,10?,11-/m0/s1. The van der Waals surface area contributed by atoms with Crippen LogP contribution < -0.4 is 5.32 Å². The van der Waals surface area contributed by atoms with Crippen LogP contribution in [0.1, 0.15) is 27.2 Å². The van der Waals surface area contributed by atoms with Crippen molar-refractivity contribution in [3.05, 3.63) is 0 Å². The normalized spacial score (nSPS) is 23.6. The molecule has 1 fully saturated rings. The largest absolute Gasteiger partial charge is 0.480 e. The van der Waals surface area contributed by atoms with Crippen LogP contribution >= 0.6 is 0 Å². The van der Waals surface area contributed by atoms with E-state index in [4.69, 9.17) is 9.84 Å². The van der Waals surface area contributed by atoms with Gasteiger partial charge in [0.25, 0.3) is 5.91 Å². The number of aliphatic carboxylic acids is 1. The van der Waals surface area contributed by atoms with E-state index in [0.717, 1.165) is 13.1 Å². The molecule has 0 bridgehead atoms. The number of likely N-dealkylation sites (N-methyl/N-ethyl adjacent to an activating group) is 1. The molecular weight excluding hydrogens is 248 g/mol. The van der Waals surface area contributed by atoms with Crippen LogP contribution in [0.25, 0.3) is 0 Å². The highest BCUT2D eigenvalue weighted by atomic mass is 16.5. The number of morpholine rings is 1. The Balaban J connectivity index is 2.58. The Morgan fingerprint density at radius 2 is 2.16 bits per heavy atom. The van der Waals surface area contributed by atoms with Crippen molar-refractivity contribution in [2.45, 2.75) is 39.3 Å². The zero-order valence-corrected chi connectivity index (χ0v) is 11.9. The van der Waals surface area contributed by atoms with Gasteiger partial charge in [0.05, 0.1) is 6.61 Å². The zero-order valence-electron chi connectivity index (χ0n) is 11.9. The van der Waals surface area contributed by atoms with Crippen LogP contribution in [-0.2, 0) is 14.3 Å². The number of amides is 1. The van der Waals surface area contributed by atoms with Gasteiger partial charge in [0, 0.05) is 13.1 Å². The number of ether oxygens (including phenoxy) is 1. The topological polar surface area (TPSA) is 78.9 Å². The summed E-state index contributed by atoms with van der Waals surface area (Å²) in [6.07, 6.45) is 0.128. The molecule has 1 unspecified atom stereocenters. The van der Waals surface area contributed by atoms with Crippen LogP contribution in [0.15, 0.2) is 0 Å². The first-order valence-electron chi connectivity index (χ1n) is 6.86. The number of carboxylic acid groups (broad SMARTS) is 1. The second-order valence-electron chi connectivity index (χ2n) is 4.96. The SMILES string of the molecule is CC[C@H](C)[C@H](NC(=O)C1CN(CC)CCO1)C(=O)O. The van der Waals surface area contributed by atoms with E-state index in [1.165, 1.54) is 0 Å². The molecule has 2 N–H and O–H groups in total. The molecule has 0 radical (unpaired) electrons. The molecule has 0 aromatic heterocycles. The van der Waals surface area contributed by atoms with Gasteiger partial charge in [-0.1, -0.05) is 27.2 Å². The van der Waals surface area contributed by atoms with E-state index in [1.54, 1.807) is 0 Å². The molecule has 1 heterocycles. The quantitative estimate of drug-likeness (QED) is 0.728. The van der Waals surface area contributed by atoms with Gasteiger partial charge in [0.1, 0.15) is 12.1 Å². The van der Waals surface area contributed by atoms with E-state index in [-0.39, 0.29) is 11.8 Å². The minimum atomic E-state index is -0.995. The molecule has 6 nitrogen and oxygen atoms in total. The lowest BCUT2D eigenvalue weighted by Crippen LogP contribution is -2.54. The van der Waals surface area contributed by atoms with Crippen LogP contribution in [0.3, 0.4) is 0 Å². The fraction of sp³-hybridized carbons (Fsp3) is 0.846. The number of hydrogen-bond acceptors (Lipinski definition) is 4. The van der Waals surface area contributed by atoms with E-state index in [0.29, 0.717) is 19.6 Å². The predicted molar refractivity (Wildman–Crippen MR) is 70.9 cm³/mol. The Bertz CT molecular complexity index is 322. The molecule has 1 amide bonds. The number of carbonyl (C=O) groups is 2. The third-order valence-corrected chi connectivity index (χ3v) is 3.67. The van der Waals surface area contributed by atoms with E-state index >= 15 is 0 Å². The Morgan fingerprint density at radius 1 is 1.47 bits per heavy atom. The Hall–Kier alpha value is -1.14. The maximum Gasteiger partial charge on any atom is 0.326 e. The number of carboxylic acids is 1. The average Bonchev–Trinajstić information content (AvgIpc) is 2.43. The van der Waals surface area contributed by atoms with Crippen molar-refractivity contribution in [2.24, 2.45) is 5.92 Å². The lowest BCUT2D eigenvalue weighted by Gasteiger charge is -2.32. The summed E-state index contributed by atoms with van der Waals surface area (Å²) in [7, 11) is 0. The molecule has 110 valence electrons. The van der Waals surface area contributed by atoms with E-state index in [9.17, 15) is 9.59 Å². The van der Waals surface area contributed by atoms with Crippen molar-refractivity contribution in [1.29, 1.82) is 0 Å². The second kappa shape index (κ2) is 7.45. The molecule has 0 aliphatic carbocycles. The van der Waals surface area contributed by atoms with Crippen molar-refractivity contribution < 1.29 is 19.4 Å². The highest BCUT2D eigenvalue weighted by Crippen LogP contribution is 2.10. The monoisotopic (exact) mass is 272 g/mol. The highest BCUT2D eigenvalue weighted by Gasteiger charge is 2.31. The lowest BCUT2D eigenvalue weighted by atomic mass is 9.99. The first kappa shape index (κ1) is 15.9. The van der Waals surface area contributed by atoms with Gasteiger partial charge in [0.15, 0.2) is 0 Å².